The highest BCUT2D eigenvalue weighted by molar-refractivity contribution is 7.92. The van der Waals surface area contributed by atoms with E-state index in [9.17, 15) is 22.9 Å². The van der Waals surface area contributed by atoms with Crippen LogP contribution in [0, 0.1) is 17.1 Å². The molecular formula is C28H26FN3O4S. The predicted octanol–water partition coefficient (Wildman–Crippen LogP) is 4.27. The fourth-order valence-electron chi connectivity index (χ4n) is 5.47. The number of ether oxygens (including phenoxy) is 1. The molecule has 1 spiro atoms. The second-order valence-corrected chi connectivity index (χ2v) is 11.2. The topological polar surface area (TPSA) is 99.5 Å². The fraction of sp³-hybridized carbons (Fsp3) is 0.286. The standard InChI is InChI=1S/C28H26FN3O4S/c1-19-28(12-14-36-15-13-28)25-16-20(27(33)31-18-22-5-3-2-4-21(22)17-30)6-11-26(25)32(19)37(34,35)24-9-7-23(29)8-10-24/h2-11,16,19H,12-15,18H2,1H3,(H,31,33). The van der Waals surface area contributed by atoms with Gasteiger partial charge >= 0.3 is 0 Å². The van der Waals surface area contributed by atoms with Crippen molar-refractivity contribution in [2.24, 2.45) is 0 Å². The number of carbonyl (C=O) groups is 1. The predicted molar refractivity (Wildman–Crippen MR) is 136 cm³/mol. The van der Waals surface area contributed by atoms with E-state index in [1.165, 1.54) is 16.4 Å². The lowest BCUT2D eigenvalue weighted by Gasteiger charge is -2.39. The largest absolute Gasteiger partial charge is 0.381 e. The zero-order valence-electron chi connectivity index (χ0n) is 20.3. The van der Waals surface area contributed by atoms with Crippen LogP contribution in [-0.4, -0.2) is 33.6 Å². The molecule has 7 nitrogen and oxygen atoms in total. The van der Waals surface area contributed by atoms with Gasteiger partial charge < -0.3 is 10.1 Å². The lowest BCUT2D eigenvalue weighted by molar-refractivity contribution is 0.0465. The molecule has 3 aromatic carbocycles. The van der Waals surface area contributed by atoms with Gasteiger partial charge in [0.25, 0.3) is 15.9 Å². The highest BCUT2D eigenvalue weighted by Crippen LogP contribution is 2.52. The Morgan fingerprint density at radius 1 is 1.14 bits per heavy atom. The number of fused-ring (bicyclic) bond motifs is 2. The van der Waals surface area contributed by atoms with Gasteiger partial charge in [-0.25, -0.2) is 12.8 Å². The highest BCUT2D eigenvalue weighted by Gasteiger charge is 2.53. The van der Waals surface area contributed by atoms with Crippen LogP contribution in [0.4, 0.5) is 10.1 Å². The minimum atomic E-state index is -3.99. The third kappa shape index (κ3) is 4.26. The van der Waals surface area contributed by atoms with Gasteiger partial charge in [-0.2, -0.15) is 5.26 Å². The molecular weight excluding hydrogens is 493 g/mol. The molecule has 37 heavy (non-hydrogen) atoms. The molecule has 1 saturated heterocycles. The fourth-order valence-corrected chi connectivity index (χ4v) is 7.21. The number of nitriles is 1. The first kappa shape index (κ1) is 24.9. The highest BCUT2D eigenvalue weighted by atomic mass is 32.2. The second-order valence-electron chi connectivity index (χ2n) is 9.38. The first-order chi connectivity index (χ1) is 17.8. The Balaban J connectivity index is 1.52. The Bertz CT molecular complexity index is 1490. The summed E-state index contributed by atoms with van der Waals surface area (Å²) >= 11 is 0. The maximum Gasteiger partial charge on any atom is 0.264 e. The molecule has 1 amide bonds. The van der Waals surface area contributed by atoms with Gasteiger partial charge in [0.2, 0.25) is 0 Å². The van der Waals surface area contributed by atoms with Crippen molar-refractivity contribution in [3.63, 3.8) is 0 Å². The number of halogens is 1. The van der Waals surface area contributed by atoms with Gasteiger partial charge in [-0.15, -0.1) is 0 Å². The van der Waals surface area contributed by atoms with Gasteiger partial charge in [0, 0.05) is 30.7 Å². The molecule has 1 fully saturated rings. The quantitative estimate of drug-likeness (QED) is 0.543. The molecule has 0 aromatic heterocycles. The Kier molecular flexibility index (Phi) is 6.48. The van der Waals surface area contributed by atoms with Crippen LogP contribution >= 0.6 is 0 Å². The van der Waals surface area contributed by atoms with Crippen molar-refractivity contribution in [2.75, 3.05) is 17.5 Å². The number of rotatable bonds is 5. The zero-order chi connectivity index (χ0) is 26.2. The summed E-state index contributed by atoms with van der Waals surface area (Å²) in [5.74, 6) is -0.826. The number of sulfonamides is 1. The van der Waals surface area contributed by atoms with E-state index < -0.39 is 27.3 Å². The van der Waals surface area contributed by atoms with Gasteiger partial charge in [-0.1, -0.05) is 18.2 Å². The summed E-state index contributed by atoms with van der Waals surface area (Å²) in [6.45, 7) is 3.04. The van der Waals surface area contributed by atoms with E-state index in [1.807, 2.05) is 13.0 Å². The average molecular weight is 520 g/mol. The molecule has 9 heteroatoms. The van der Waals surface area contributed by atoms with E-state index in [-0.39, 0.29) is 17.3 Å². The lowest BCUT2D eigenvalue weighted by Crippen LogP contribution is -2.48. The van der Waals surface area contributed by atoms with E-state index in [1.54, 1.807) is 36.4 Å². The number of nitrogens with one attached hydrogen (secondary N) is 1. The number of nitrogens with zero attached hydrogens (tertiary/aromatic N) is 2. The monoisotopic (exact) mass is 519 g/mol. The van der Waals surface area contributed by atoms with Crippen LogP contribution in [0.1, 0.15) is 46.8 Å². The molecule has 0 radical (unpaired) electrons. The molecule has 1 atom stereocenters. The number of anilines is 1. The summed E-state index contributed by atoms with van der Waals surface area (Å²) < 4.78 is 48.0. The van der Waals surface area contributed by atoms with Gasteiger partial charge in [0.05, 0.1) is 28.3 Å². The third-order valence-electron chi connectivity index (χ3n) is 7.52. The van der Waals surface area contributed by atoms with E-state index in [4.69, 9.17) is 4.74 Å². The molecule has 2 aliphatic rings. The second kappa shape index (κ2) is 9.61. The zero-order valence-corrected chi connectivity index (χ0v) is 21.1. The van der Waals surface area contributed by atoms with Crippen LogP contribution < -0.4 is 9.62 Å². The Labute approximate surface area is 215 Å². The van der Waals surface area contributed by atoms with Crippen LogP contribution in [0.3, 0.4) is 0 Å². The summed E-state index contributed by atoms with van der Waals surface area (Å²) in [6.07, 6.45) is 1.22. The van der Waals surface area contributed by atoms with Crippen LogP contribution in [-0.2, 0) is 26.7 Å². The van der Waals surface area contributed by atoms with Crippen molar-refractivity contribution in [1.82, 2.24) is 5.32 Å². The number of amides is 1. The van der Waals surface area contributed by atoms with Gasteiger partial charge in [-0.05, 0) is 79.4 Å². The molecule has 2 heterocycles. The summed E-state index contributed by atoms with van der Waals surface area (Å²) in [6, 6.07) is 18.6. The van der Waals surface area contributed by atoms with E-state index in [0.29, 0.717) is 48.4 Å². The maximum absolute atomic E-state index is 13.8. The lowest BCUT2D eigenvalue weighted by atomic mass is 9.71. The maximum atomic E-state index is 13.8. The van der Waals surface area contributed by atoms with E-state index >= 15 is 0 Å². The van der Waals surface area contributed by atoms with Crippen LogP contribution in [0.5, 0.6) is 0 Å². The first-order valence-corrected chi connectivity index (χ1v) is 13.5. The molecule has 0 saturated carbocycles. The van der Waals surface area contributed by atoms with Crippen molar-refractivity contribution in [2.45, 2.75) is 42.7 Å². The summed E-state index contributed by atoms with van der Waals surface area (Å²) in [7, 11) is -3.99. The van der Waals surface area contributed by atoms with Gasteiger partial charge in [-0.3, -0.25) is 9.10 Å². The molecule has 5 rings (SSSR count). The summed E-state index contributed by atoms with van der Waals surface area (Å²) in [5.41, 5.74) is 2.40. The summed E-state index contributed by atoms with van der Waals surface area (Å²) in [5, 5.41) is 12.2. The molecule has 3 aromatic rings. The molecule has 1 unspecified atom stereocenters. The van der Waals surface area contributed by atoms with Crippen molar-refractivity contribution >= 4 is 21.6 Å². The van der Waals surface area contributed by atoms with Gasteiger partial charge in [0.1, 0.15) is 5.82 Å². The van der Waals surface area contributed by atoms with Crippen molar-refractivity contribution < 1.29 is 22.3 Å². The summed E-state index contributed by atoms with van der Waals surface area (Å²) in [4.78, 5) is 13.1. The van der Waals surface area contributed by atoms with E-state index in [2.05, 4.69) is 11.4 Å². The smallest absolute Gasteiger partial charge is 0.264 e. The molecule has 2 aliphatic heterocycles. The number of carbonyl (C=O) groups excluding carboxylic acids is 1. The Morgan fingerprint density at radius 3 is 2.54 bits per heavy atom. The molecule has 190 valence electrons. The van der Waals surface area contributed by atoms with E-state index in [0.717, 1.165) is 17.7 Å². The number of hydrogen-bond donors (Lipinski definition) is 1. The third-order valence-corrected chi connectivity index (χ3v) is 9.42. The molecule has 0 bridgehead atoms. The van der Waals surface area contributed by atoms with Crippen molar-refractivity contribution in [1.29, 1.82) is 5.26 Å². The SMILES string of the molecule is CC1N(S(=O)(=O)c2ccc(F)cc2)c2ccc(C(=O)NCc3ccccc3C#N)cc2C12CCOCC2. The minimum Gasteiger partial charge on any atom is -0.381 e. The number of benzene rings is 3. The van der Waals surface area contributed by atoms with Gasteiger partial charge in [0.15, 0.2) is 0 Å². The van der Waals surface area contributed by atoms with Crippen LogP contribution in [0.25, 0.3) is 0 Å². The normalized spacial score (nSPS) is 18.3. The van der Waals surface area contributed by atoms with Crippen LogP contribution in [0.15, 0.2) is 71.6 Å². The van der Waals surface area contributed by atoms with Crippen molar-refractivity contribution in [3.05, 3.63) is 94.8 Å². The Hall–Kier alpha value is -3.74. The number of hydrogen-bond acceptors (Lipinski definition) is 5. The minimum absolute atomic E-state index is 0.00814. The Morgan fingerprint density at radius 2 is 1.84 bits per heavy atom. The van der Waals surface area contributed by atoms with Crippen molar-refractivity contribution in [3.8, 4) is 6.07 Å². The molecule has 1 N–H and O–H groups in total. The molecule has 0 aliphatic carbocycles. The average Bonchev–Trinajstić information content (AvgIpc) is 3.15. The first-order valence-electron chi connectivity index (χ1n) is 12.1. The van der Waals surface area contributed by atoms with Crippen LogP contribution in [0.2, 0.25) is 0 Å².